The lowest BCUT2D eigenvalue weighted by molar-refractivity contribution is -0.154. The van der Waals surface area contributed by atoms with E-state index in [1.807, 2.05) is 0 Å². The van der Waals surface area contributed by atoms with Crippen LogP contribution in [0.3, 0.4) is 0 Å². The summed E-state index contributed by atoms with van der Waals surface area (Å²) >= 11 is 5.89. The van der Waals surface area contributed by atoms with Crippen LogP contribution in [0.5, 0.6) is 0 Å². The SMILES string of the molecule is CC(C)(C)OC(=O)CNC(=O)C(c1cncnc1)N(C(=O)CCl)c1ccc(-c2cnco2)cc1. The summed E-state index contributed by atoms with van der Waals surface area (Å²) in [4.78, 5) is 51.4. The van der Waals surface area contributed by atoms with Crippen LogP contribution in [-0.2, 0) is 19.1 Å². The average molecular weight is 486 g/mol. The average Bonchev–Trinajstić information content (AvgIpc) is 3.35. The van der Waals surface area contributed by atoms with Gasteiger partial charge in [-0.1, -0.05) is 0 Å². The molecule has 0 aliphatic rings. The lowest BCUT2D eigenvalue weighted by atomic mass is 10.1. The monoisotopic (exact) mass is 485 g/mol. The molecule has 1 aromatic carbocycles. The van der Waals surface area contributed by atoms with Gasteiger partial charge in [0.05, 0.1) is 6.20 Å². The minimum atomic E-state index is -1.19. The van der Waals surface area contributed by atoms with E-state index in [9.17, 15) is 14.4 Å². The number of nitrogens with one attached hydrogen (secondary N) is 1. The van der Waals surface area contributed by atoms with E-state index in [0.717, 1.165) is 5.56 Å². The highest BCUT2D eigenvalue weighted by Gasteiger charge is 2.33. The van der Waals surface area contributed by atoms with E-state index in [1.54, 1.807) is 51.2 Å². The fourth-order valence-electron chi connectivity index (χ4n) is 3.15. The van der Waals surface area contributed by atoms with E-state index in [1.165, 1.54) is 30.0 Å². The first-order valence-corrected chi connectivity index (χ1v) is 10.8. The highest BCUT2D eigenvalue weighted by Crippen LogP contribution is 2.30. The summed E-state index contributed by atoms with van der Waals surface area (Å²) in [7, 11) is 0. The lowest BCUT2D eigenvalue weighted by Crippen LogP contribution is -2.46. The fraction of sp³-hybridized carbons (Fsp3) is 0.304. The van der Waals surface area contributed by atoms with Crippen molar-refractivity contribution in [2.45, 2.75) is 32.4 Å². The first kappa shape index (κ1) is 24.8. The molecule has 3 aromatic rings. The number of hydrogen-bond acceptors (Lipinski definition) is 8. The normalized spacial score (nSPS) is 12.0. The van der Waals surface area contributed by atoms with Gasteiger partial charge in [-0.05, 0) is 45.0 Å². The minimum Gasteiger partial charge on any atom is -0.459 e. The highest BCUT2D eigenvalue weighted by molar-refractivity contribution is 6.29. The summed E-state index contributed by atoms with van der Waals surface area (Å²) in [5.41, 5.74) is 0.756. The van der Waals surface area contributed by atoms with E-state index in [2.05, 4.69) is 20.3 Å². The van der Waals surface area contributed by atoms with Gasteiger partial charge in [0.2, 0.25) is 11.8 Å². The molecule has 3 rings (SSSR count). The lowest BCUT2D eigenvalue weighted by Gasteiger charge is -2.30. The van der Waals surface area contributed by atoms with E-state index < -0.39 is 29.4 Å². The van der Waals surface area contributed by atoms with Gasteiger partial charge in [-0.25, -0.2) is 15.0 Å². The third kappa shape index (κ3) is 6.38. The van der Waals surface area contributed by atoms with Crippen LogP contribution in [-0.4, -0.2) is 50.8 Å². The molecule has 0 spiro atoms. The molecule has 0 radical (unpaired) electrons. The molecular formula is C23H24ClN5O5. The Morgan fingerprint density at radius 1 is 1.09 bits per heavy atom. The van der Waals surface area contributed by atoms with Crippen molar-refractivity contribution in [3.8, 4) is 11.3 Å². The maximum Gasteiger partial charge on any atom is 0.325 e. The Morgan fingerprint density at radius 2 is 1.76 bits per heavy atom. The van der Waals surface area contributed by atoms with Crippen LogP contribution in [0.4, 0.5) is 5.69 Å². The summed E-state index contributed by atoms with van der Waals surface area (Å²) in [6.07, 6.45) is 7.02. The number of oxazole rings is 1. The molecule has 10 nitrogen and oxygen atoms in total. The number of ether oxygens (including phenoxy) is 1. The number of amides is 2. The zero-order valence-corrected chi connectivity index (χ0v) is 19.7. The molecule has 1 unspecified atom stereocenters. The molecule has 2 aromatic heterocycles. The number of rotatable bonds is 8. The number of carbonyl (C=O) groups excluding carboxylic acids is 3. The van der Waals surface area contributed by atoms with E-state index in [-0.39, 0.29) is 12.4 Å². The molecule has 0 saturated heterocycles. The number of anilines is 1. The Labute approximate surface area is 201 Å². The van der Waals surface area contributed by atoms with Gasteiger partial charge in [-0.2, -0.15) is 0 Å². The van der Waals surface area contributed by atoms with Crippen molar-refractivity contribution in [2.75, 3.05) is 17.3 Å². The first-order chi connectivity index (χ1) is 16.2. The molecule has 11 heteroatoms. The molecule has 0 fully saturated rings. The number of esters is 1. The zero-order valence-electron chi connectivity index (χ0n) is 18.9. The van der Waals surface area contributed by atoms with Crippen molar-refractivity contribution in [1.82, 2.24) is 20.3 Å². The van der Waals surface area contributed by atoms with Crippen LogP contribution in [0.2, 0.25) is 0 Å². The summed E-state index contributed by atoms with van der Waals surface area (Å²) in [6.45, 7) is 4.79. The van der Waals surface area contributed by atoms with Crippen molar-refractivity contribution in [1.29, 1.82) is 0 Å². The van der Waals surface area contributed by atoms with E-state index >= 15 is 0 Å². The standard InChI is InChI=1S/C23H24ClN5O5/c1-23(2,3)34-20(31)12-28-22(32)21(16-9-25-13-26-10-16)29(19(30)8-24)17-6-4-15(5-7-17)18-11-27-14-33-18/h4-7,9-11,13-14,21H,8,12H2,1-3H3,(H,28,32). The van der Waals surface area contributed by atoms with Crippen LogP contribution in [0.25, 0.3) is 11.3 Å². The number of nitrogens with zero attached hydrogens (tertiary/aromatic N) is 4. The number of hydrogen-bond donors (Lipinski definition) is 1. The van der Waals surface area contributed by atoms with Gasteiger partial charge < -0.3 is 14.5 Å². The van der Waals surface area contributed by atoms with Gasteiger partial charge in [0.15, 0.2) is 12.2 Å². The molecule has 0 saturated carbocycles. The quantitative estimate of drug-likeness (QED) is 0.381. The van der Waals surface area contributed by atoms with Crippen molar-refractivity contribution >= 4 is 35.1 Å². The second-order valence-electron chi connectivity index (χ2n) is 8.19. The minimum absolute atomic E-state index is 0.335. The molecular weight excluding hydrogens is 462 g/mol. The van der Waals surface area contributed by atoms with Crippen molar-refractivity contribution < 1.29 is 23.5 Å². The van der Waals surface area contributed by atoms with Crippen molar-refractivity contribution in [3.63, 3.8) is 0 Å². The molecule has 34 heavy (non-hydrogen) atoms. The molecule has 178 valence electrons. The van der Waals surface area contributed by atoms with Crippen molar-refractivity contribution in [2.24, 2.45) is 0 Å². The van der Waals surface area contributed by atoms with Gasteiger partial charge in [-0.3, -0.25) is 19.3 Å². The Balaban J connectivity index is 1.93. The molecule has 2 amide bonds. The topological polar surface area (TPSA) is 128 Å². The van der Waals surface area contributed by atoms with Gasteiger partial charge in [0.1, 0.15) is 30.4 Å². The van der Waals surface area contributed by atoms with Crippen LogP contribution in [0.15, 0.2) is 60.0 Å². The third-order valence-corrected chi connectivity index (χ3v) is 4.70. The van der Waals surface area contributed by atoms with Gasteiger partial charge in [-0.15, -0.1) is 11.6 Å². The number of benzene rings is 1. The number of alkyl halides is 1. The van der Waals surface area contributed by atoms with Gasteiger partial charge >= 0.3 is 5.97 Å². The van der Waals surface area contributed by atoms with Gasteiger partial charge in [0, 0.05) is 29.2 Å². The Bertz CT molecular complexity index is 1110. The molecule has 2 heterocycles. The third-order valence-electron chi connectivity index (χ3n) is 4.48. The number of aromatic nitrogens is 3. The largest absolute Gasteiger partial charge is 0.459 e. The molecule has 1 atom stereocenters. The second kappa shape index (κ2) is 10.9. The number of halogens is 1. The maximum atomic E-state index is 13.3. The van der Waals surface area contributed by atoms with Crippen molar-refractivity contribution in [3.05, 3.63) is 61.1 Å². The fourth-order valence-corrected chi connectivity index (χ4v) is 3.28. The highest BCUT2D eigenvalue weighted by atomic mass is 35.5. The Hall–Kier alpha value is -3.79. The Kier molecular flexibility index (Phi) is 7.95. The van der Waals surface area contributed by atoms with E-state index in [4.69, 9.17) is 20.8 Å². The van der Waals surface area contributed by atoms with Crippen LogP contribution in [0.1, 0.15) is 32.4 Å². The van der Waals surface area contributed by atoms with Crippen LogP contribution >= 0.6 is 11.6 Å². The Morgan fingerprint density at radius 3 is 2.32 bits per heavy atom. The predicted octanol–water partition coefficient (Wildman–Crippen LogP) is 2.90. The smallest absolute Gasteiger partial charge is 0.325 e. The maximum absolute atomic E-state index is 13.3. The first-order valence-electron chi connectivity index (χ1n) is 10.3. The summed E-state index contributed by atoms with van der Waals surface area (Å²) in [6, 6.07) is 5.56. The van der Waals surface area contributed by atoms with E-state index in [0.29, 0.717) is 17.0 Å². The second-order valence-corrected chi connectivity index (χ2v) is 8.46. The molecule has 0 aliphatic heterocycles. The summed E-state index contributed by atoms with van der Waals surface area (Å²) < 4.78 is 10.5. The molecule has 1 N–H and O–H groups in total. The predicted molar refractivity (Wildman–Crippen MR) is 124 cm³/mol. The summed E-state index contributed by atoms with van der Waals surface area (Å²) in [5.74, 6) is -1.61. The zero-order chi connectivity index (χ0) is 24.7. The van der Waals surface area contributed by atoms with Crippen LogP contribution < -0.4 is 10.2 Å². The van der Waals surface area contributed by atoms with Gasteiger partial charge in [0.25, 0.3) is 0 Å². The summed E-state index contributed by atoms with van der Waals surface area (Å²) in [5, 5.41) is 2.54. The molecule has 0 aliphatic carbocycles. The van der Waals surface area contributed by atoms with Crippen LogP contribution in [0, 0.1) is 0 Å². The number of carbonyl (C=O) groups is 3. The molecule has 0 bridgehead atoms.